The van der Waals surface area contributed by atoms with E-state index >= 15 is 0 Å². The molecule has 220 valence electrons. The Balaban J connectivity index is 1.53. The predicted molar refractivity (Wildman–Crippen MR) is 155 cm³/mol. The van der Waals surface area contributed by atoms with Gasteiger partial charge in [-0.1, -0.05) is 60.1 Å². The normalized spacial score (nSPS) is 45.9. The van der Waals surface area contributed by atoms with Crippen LogP contribution in [0.3, 0.4) is 0 Å². The maximum Gasteiger partial charge on any atom is 0.302 e. The largest absolute Gasteiger partial charge is 0.462 e. The van der Waals surface area contributed by atoms with E-state index in [2.05, 4.69) is 59.9 Å². The molecule has 0 radical (unpaired) electrons. The second kappa shape index (κ2) is 9.33. The van der Waals surface area contributed by atoms with Crippen molar-refractivity contribution in [2.24, 2.45) is 50.2 Å². The van der Waals surface area contributed by atoms with E-state index in [4.69, 9.17) is 4.74 Å². The fourth-order valence-electron chi connectivity index (χ4n) is 11.4. The number of carbonyl (C=O) groups excluding carboxylic acids is 2. The quantitative estimate of drug-likeness (QED) is 0.302. The van der Waals surface area contributed by atoms with Crippen molar-refractivity contribution in [1.82, 2.24) is 5.32 Å². The van der Waals surface area contributed by atoms with Gasteiger partial charge in [-0.2, -0.15) is 0 Å². The Morgan fingerprint density at radius 1 is 0.949 bits per heavy atom. The summed E-state index contributed by atoms with van der Waals surface area (Å²) in [5.74, 6) is 1.41. The summed E-state index contributed by atoms with van der Waals surface area (Å²) in [7, 11) is 0. The van der Waals surface area contributed by atoms with Crippen LogP contribution in [-0.4, -0.2) is 36.2 Å². The fourth-order valence-corrected chi connectivity index (χ4v) is 11.4. The smallest absolute Gasteiger partial charge is 0.302 e. The molecule has 5 rings (SSSR count). The number of fused-ring (bicyclic) bond motifs is 7. The van der Waals surface area contributed by atoms with E-state index in [1.165, 1.54) is 12.8 Å². The van der Waals surface area contributed by atoms with Gasteiger partial charge in [0.15, 0.2) is 0 Å². The number of esters is 1. The molecular formula is C34H55NO4. The molecule has 5 nitrogen and oxygen atoms in total. The third-order valence-corrected chi connectivity index (χ3v) is 13.7. The average molecular weight is 542 g/mol. The molecule has 8 atom stereocenters. The van der Waals surface area contributed by atoms with Gasteiger partial charge in [0.1, 0.15) is 6.10 Å². The van der Waals surface area contributed by atoms with Crippen LogP contribution in [0.2, 0.25) is 0 Å². The third-order valence-electron chi connectivity index (χ3n) is 13.7. The summed E-state index contributed by atoms with van der Waals surface area (Å²) in [6, 6.07) is 0. The average Bonchev–Trinajstić information content (AvgIpc) is 2.84. The summed E-state index contributed by atoms with van der Waals surface area (Å²) < 4.78 is 5.90. The summed E-state index contributed by atoms with van der Waals surface area (Å²) in [6.45, 7) is 19.1. The molecule has 0 aliphatic heterocycles. The molecule has 0 aromatic heterocycles. The number of ether oxygens (including phenoxy) is 1. The molecule has 39 heavy (non-hydrogen) atoms. The van der Waals surface area contributed by atoms with E-state index in [9.17, 15) is 14.7 Å². The van der Waals surface area contributed by atoms with Crippen molar-refractivity contribution < 1.29 is 19.4 Å². The maximum atomic E-state index is 13.8. The van der Waals surface area contributed by atoms with E-state index in [1.807, 2.05) is 0 Å². The Hall–Kier alpha value is -1.36. The second-order valence-electron chi connectivity index (χ2n) is 16.3. The summed E-state index contributed by atoms with van der Waals surface area (Å²) in [6.07, 6.45) is 13.2. The molecule has 0 heterocycles. The number of carbonyl (C=O) groups is 2. The number of amides is 1. The summed E-state index contributed by atoms with van der Waals surface area (Å²) >= 11 is 0. The molecule has 5 aliphatic carbocycles. The first-order chi connectivity index (χ1) is 18.1. The number of hydrogen-bond donors (Lipinski definition) is 2. The van der Waals surface area contributed by atoms with Crippen LogP contribution in [0.1, 0.15) is 120 Å². The van der Waals surface area contributed by atoms with Crippen LogP contribution in [0.15, 0.2) is 11.6 Å². The molecule has 0 aromatic rings. The van der Waals surface area contributed by atoms with Gasteiger partial charge in [0.05, 0.1) is 12.0 Å². The highest BCUT2D eigenvalue weighted by Gasteiger charge is 2.69. The topological polar surface area (TPSA) is 75.6 Å². The maximum absolute atomic E-state index is 13.8. The Bertz CT molecular complexity index is 1050. The van der Waals surface area contributed by atoms with Gasteiger partial charge in [0.2, 0.25) is 5.91 Å². The van der Waals surface area contributed by atoms with Crippen molar-refractivity contribution in [3.63, 3.8) is 0 Å². The Labute approximate surface area is 237 Å². The van der Waals surface area contributed by atoms with Crippen LogP contribution in [0, 0.1) is 50.2 Å². The first-order valence-electron chi connectivity index (χ1n) is 15.8. The van der Waals surface area contributed by atoms with E-state index in [1.54, 1.807) is 12.5 Å². The molecule has 4 fully saturated rings. The summed E-state index contributed by atoms with van der Waals surface area (Å²) in [5, 5.41) is 12.6. The number of allylic oxidation sites excluding steroid dienone is 2. The third kappa shape index (κ3) is 4.09. The molecule has 5 heteroatoms. The Kier molecular flexibility index (Phi) is 6.97. The van der Waals surface area contributed by atoms with E-state index in [0.29, 0.717) is 18.4 Å². The van der Waals surface area contributed by atoms with Gasteiger partial charge >= 0.3 is 5.97 Å². The lowest BCUT2D eigenvalue weighted by Gasteiger charge is -2.71. The van der Waals surface area contributed by atoms with Gasteiger partial charge in [-0.3, -0.25) is 9.59 Å². The molecular weight excluding hydrogens is 486 g/mol. The lowest BCUT2D eigenvalue weighted by atomic mass is 9.33. The van der Waals surface area contributed by atoms with Gasteiger partial charge in [-0.05, 0) is 104 Å². The Morgan fingerprint density at radius 2 is 1.64 bits per heavy atom. The van der Waals surface area contributed by atoms with Crippen molar-refractivity contribution in [2.75, 3.05) is 13.2 Å². The van der Waals surface area contributed by atoms with Gasteiger partial charge in [-0.15, -0.1) is 0 Å². The van der Waals surface area contributed by atoms with Gasteiger partial charge < -0.3 is 15.2 Å². The zero-order valence-electron chi connectivity index (χ0n) is 26.0. The van der Waals surface area contributed by atoms with Gasteiger partial charge in [-0.25, -0.2) is 0 Å². The van der Waals surface area contributed by atoms with E-state index < -0.39 is 0 Å². The molecule has 0 bridgehead atoms. The number of hydrogen-bond acceptors (Lipinski definition) is 4. The highest BCUT2D eigenvalue weighted by Crippen LogP contribution is 2.75. The zero-order chi connectivity index (χ0) is 28.6. The SMILES string of the molecule is CC(=O)OC1CCC2(C)C(CCC3(C)C2CC=C2C4CC(C)(C)CCC4(C(=O)NCCO)CCC23C)C1(C)C. The monoisotopic (exact) mass is 541 g/mol. The molecule has 5 aliphatic rings. The lowest BCUT2D eigenvalue weighted by Crippen LogP contribution is -2.65. The van der Waals surface area contributed by atoms with Crippen molar-refractivity contribution in [3.8, 4) is 0 Å². The van der Waals surface area contributed by atoms with E-state index in [0.717, 1.165) is 51.4 Å². The minimum atomic E-state index is -0.343. The van der Waals surface area contributed by atoms with Crippen LogP contribution in [0.25, 0.3) is 0 Å². The van der Waals surface area contributed by atoms with E-state index in [-0.39, 0.29) is 63.0 Å². The van der Waals surface area contributed by atoms with Crippen molar-refractivity contribution >= 4 is 11.9 Å². The lowest BCUT2D eigenvalue weighted by molar-refractivity contribution is -0.212. The molecule has 4 saturated carbocycles. The number of aliphatic hydroxyl groups is 1. The number of rotatable bonds is 4. The highest BCUT2D eigenvalue weighted by atomic mass is 16.5. The molecule has 1 amide bonds. The zero-order valence-corrected chi connectivity index (χ0v) is 26.0. The molecule has 0 aromatic carbocycles. The van der Waals surface area contributed by atoms with Crippen LogP contribution in [0.5, 0.6) is 0 Å². The second-order valence-corrected chi connectivity index (χ2v) is 16.3. The van der Waals surface area contributed by atoms with Gasteiger partial charge in [0.25, 0.3) is 0 Å². The fraction of sp³-hybridized carbons (Fsp3) is 0.882. The summed E-state index contributed by atoms with van der Waals surface area (Å²) in [5.41, 5.74) is 1.90. The first kappa shape index (κ1) is 29.1. The van der Waals surface area contributed by atoms with Crippen LogP contribution < -0.4 is 5.32 Å². The molecule has 2 N–H and O–H groups in total. The number of aliphatic hydroxyl groups excluding tert-OH is 1. The highest BCUT2D eigenvalue weighted by molar-refractivity contribution is 5.84. The minimum absolute atomic E-state index is 0.0000817. The number of nitrogens with one attached hydrogen (secondary N) is 1. The first-order valence-corrected chi connectivity index (χ1v) is 15.8. The van der Waals surface area contributed by atoms with Crippen LogP contribution in [-0.2, 0) is 14.3 Å². The van der Waals surface area contributed by atoms with Crippen molar-refractivity contribution in [2.45, 2.75) is 126 Å². The molecule has 0 saturated heterocycles. The standard InChI is InChI=1S/C34H55NO4/c1-22(37)39-27-12-13-31(6)25(30(27,4)5)11-14-33(8)26(31)10-9-23-24-21-29(2,3)15-17-34(24,18-16-32(23,33)7)28(38)35-19-20-36/h9,24-27,36H,10-21H2,1-8H3,(H,35,38). The minimum Gasteiger partial charge on any atom is -0.462 e. The summed E-state index contributed by atoms with van der Waals surface area (Å²) in [4.78, 5) is 25.7. The van der Waals surface area contributed by atoms with Crippen LogP contribution in [0.4, 0.5) is 0 Å². The van der Waals surface area contributed by atoms with Crippen LogP contribution >= 0.6 is 0 Å². The molecule has 8 unspecified atom stereocenters. The van der Waals surface area contributed by atoms with Gasteiger partial charge in [0, 0.05) is 18.9 Å². The molecule has 0 spiro atoms. The Morgan fingerprint density at radius 3 is 2.31 bits per heavy atom. The van der Waals surface area contributed by atoms with Crippen molar-refractivity contribution in [3.05, 3.63) is 11.6 Å². The predicted octanol–water partition coefficient (Wildman–Crippen LogP) is 6.83. The van der Waals surface area contributed by atoms with Crippen molar-refractivity contribution in [1.29, 1.82) is 0 Å².